The standard InChI is InChI=1S/C10H19O8P/c1-7(5-15-9(3)11)17-19(13,14)18-8(2)6-16-10(4)12/h7-8H,5-6H2,1-4H3,(H,13,14). The second-order valence-electron chi connectivity index (χ2n) is 3.91. The van der Waals surface area contributed by atoms with Gasteiger partial charge in [-0.1, -0.05) is 0 Å². The van der Waals surface area contributed by atoms with E-state index in [1.807, 2.05) is 0 Å². The first-order valence-corrected chi connectivity index (χ1v) is 7.08. The molecule has 0 aliphatic heterocycles. The molecule has 0 radical (unpaired) electrons. The van der Waals surface area contributed by atoms with Gasteiger partial charge in [0.05, 0.1) is 0 Å². The summed E-state index contributed by atoms with van der Waals surface area (Å²) < 4.78 is 30.3. The van der Waals surface area contributed by atoms with Crippen molar-refractivity contribution in [3.8, 4) is 0 Å². The molecule has 0 aromatic carbocycles. The first-order chi connectivity index (χ1) is 8.62. The van der Waals surface area contributed by atoms with E-state index in [2.05, 4.69) is 9.47 Å². The molecule has 0 aromatic heterocycles. The van der Waals surface area contributed by atoms with Crippen LogP contribution in [0.15, 0.2) is 0 Å². The van der Waals surface area contributed by atoms with E-state index in [-0.39, 0.29) is 13.2 Å². The monoisotopic (exact) mass is 298 g/mol. The van der Waals surface area contributed by atoms with Crippen LogP contribution in [0.2, 0.25) is 0 Å². The number of esters is 2. The maximum Gasteiger partial charge on any atom is 0.472 e. The van der Waals surface area contributed by atoms with Gasteiger partial charge >= 0.3 is 19.8 Å². The number of phosphoric ester groups is 1. The van der Waals surface area contributed by atoms with E-state index < -0.39 is 32.0 Å². The second-order valence-corrected chi connectivity index (χ2v) is 5.26. The van der Waals surface area contributed by atoms with Gasteiger partial charge in [0.2, 0.25) is 0 Å². The van der Waals surface area contributed by atoms with Crippen LogP contribution < -0.4 is 0 Å². The molecule has 2 atom stereocenters. The van der Waals surface area contributed by atoms with Gasteiger partial charge in [-0.15, -0.1) is 0 Å². The summed E-state index contributed by atoms with van der Waals surface area (Å²) in [5.41, 5.74) is 0. The van der Waals surface area contributed by atoms with Crippen molar-refractivity contribution in [2.45, 2.75) is 39.9 Å². The number of ether oxygens (including phenoxy) is 2. The lowest BCUT2D eigenvalue weighted by Gasteiger charge is -2.20. The number of carbonyl (C=O) groups excluding carboxylic acids is 2. The van der Waals surface area contributed by atoms with Gasteiger partial charge in [0.25, 0.3) is 0 Å². The van der Waals surface area contributed by atoms with Crippen LogP contribution in [-0.4, -0.2) is 42.3 Å². The molecule has 0 aliphatic carbocycles. The SMILES string of the molecule is CC(=O)OCC(C)OP(=O)(O)OC(C)COC(C)=O. The van der Waals surface area contributed by atoms with Gasteiger partial charge in [-0.05, 0) is 13.8 Å². The molecule has 0 saturated carbocycles. The number of hydrogen-bond donors (Lipinski definition) is 1. The van der Waals surface area contributed by atoms with E-state index in [0.29, 0.717) is 0 Å². The summed E-state index contributed by atoms with van der Waals surface area (Å²) in [6.07, 6.45) is -1.61. The van der Waals surface area contributed by atoms with Crippen LogP contribution in [0.4, 0.5) is 0 Å². The lowest BCUT2D eigenvalue weighted by Crippen LogP contribution is -2.21. The van der Waals surface area contributed by atoms with Gasteiger partial charge in [0, 0.05) is 13.8 Å². The summed E-state index contributed by atoms with van der Waals surface area (Å²) in [5, 5.41) is 0. The van der Waals surface area contributed by atoms with Crippen molar-refractivity contribution >= 4 is 19.8 Å². The molecule has 0 amide bonds. The summed E-state index contributed by atoms with van der Waals surface area (Å²) in [5.74, 6) is -1.04. The molecule has 112 valence electrons. The Morgan fingerprint density at radius 1 is 1.00 bits per heavy atom. The van der Waals surface area contributed by atoms with Crippen molar-refractivity contribution in [3.63, 3.8) is 0 Å². The number of hydrogen-bond acceptors (Lipinski definition) is 7. The quantitative estimate of drug-likeness (QED) is 0.522. The minimum atomic E-state index is -4.31. The zero-order valence-corrected chi connectivity index (χ0v) is 12.2. The van der Waals surface area contributed by atoms with Crippen LogP contribution in [0.5, 0.6) is 0 Å². The highest BCUT2D eigenvalue weighted by Gasteiger charge is 2.28. The smallest absolute Gasteiger partial charge is 0.463 e. The van der Waals surface area contributed by atoms with Crippen molar-refractivity contribution in [3.05, 3.63) is 0 Å². The van der Waals surface area contributed by atoms with Crippen LogP contribution >= 0.6 is 7.82 Å². The van der Waals surface area contributed by atoms with Crippen LogP contribution in [0.25, 0.3) is 0 Å². The summed E-state index contributed by atoms with van der Waals surface area (Å²) in [4.78, 5) is 30.5. The fourth-order valence-electron chi connectivity index (χ4n) is 1.01. The Morgan fingerprint density at radius 2 is 1.32 bits per heavy atom. The van der Waals surface area contributed by atoms with Crippen molar-refractivity contribution in [1.29, 1.82) is 0 Å². The Balaban J connectivity index is 4.12. The third-order valence-electron chi connectivity index (χ3n) is 1.67. The molecular weight excluding hydrogens is 279 g/mol. The van der Waals surface area contributed by atoms with E-state index in [9.17, 15) is 19.0 Å². The molecule has 0 spiro atoms. The van der Waals surface area contributed by atoms with E-state index in [1.54, 1.807) is 0 Å². The van der Waals surface area contributed by atoms with Gasteiger partial charge in [0.1, 0.15) is 25.4 Å². The van der Waals surface area contributed by atoms with E-state index in [1.165, 1.54) is 27.7 Å². The molecular formula is C10H19O8P. The van der Waals surface area contributed by atoms with Crippen molar-refractivity contribution in [2.75, 3.05) is 13.2 Å². The molecule has 0 heterocycles. The second kappa shape index (κ2) is 8.27. The van der Waals surface area contributed by atoms with Crippen LogP contribution in [0.1, 0.15) is 27.7 Å². The molecule has 0 bridgehead atoms. The topological polar surface area (TPSA) is 108 Å². The summed E-state index contributed by atoms with van der Waals surface area (Å²) in [6, 6.07) is 0. The number of carbonyl (C=O) groups is 2. The molecule has 1 N–H and O–H groups in total. The summed E-state index contributed by atoms with van der Waals surface area (Å²) in [6.45, 7) is 4.99. The summed E-state index contributed by atoms with van der Waals surface area (Å²) >= 11 is 0. The molecule has 2 unspecified atom stereocenters. The highest BCUT2D eigenvalue weighted by molar-refractivity contribution is 7.47. The lowest BCUT2D eigenvalue weighted by molar-refractivity contribution is -0.143. The van der Waals surface area contributed by atoms with Gasteiger partial charge < -0.3 is 14.4 Å². The Labute approximate surface area is 111 Å². The zero-order valence-electron chi connectivity index (χ0n) is 11.3. The van der Waals surface area contributed by atoms with Gasteiger partial charge in [0.15, 0.2) is 0 Å². The largest absolute Gasteiger partial charge is 0.472 e. The number of phosphoric acid groups is 1. The maximum absolute atomic E-state index is 11.6. The predicted octanol–water partition coefficient (Wildman–Crippen LogP) is 1.02. The van der Waals surface area contributed by atoms with Crippen molar-refractivity contribution in [1.82, 2.24) is 0 Å². The van der Waals surface area contributed by atoms with Crippen LogP contribution in [0.3, 0.4) is 0 Å². The average Bonchev–Trinajstić information content (AvgIpc) is 2.22. The molecule has 0 saturated heterocycles. The van der Waals surface area contributed by atoms with Crippen LogP contribution in [0, 0.1) is 0 Å². The Morgan fingerprint density at radius 3 is 1.58 bits per heavy atom. The third-order valence-corrected chi connectivity index (χ3v) is 2.92. The highest BCUT2D eigenvalue weighted by Crippen LogP contribution is 2.45. The molecule has 0 fully saturated rings. The fourth-order valence-corrected chi connectivity index (χ4v) is 2.09. The molecule has 8 nitrogen and oxygen atoms in total. The van der Waals surface area contributed by atoms with Gasteiger partial charge in [-0.3, -0.25) is 18.6 Å². The molecule has 0 aliphatic rings. The Hall–Kier alpha value is -0.950. The average molecular weight is 298 g/mol. The van der Waals surface area contributed by atoms with Crippen LogP contribution in [-0.2, 0) is 32.7 Å². The maximum atomic E-state index is 11.6. The Kier molecular flexibility index (Phi) is 7.85. The fraction of sp³-hybridized carbons (Fsp3) is 0.800. The van der Waals surface area contributed by atoms with E-state index >= 15 is 0 Å². The minimum absolute atomic E-state index is 0.165. The van der Waals surface area contributed by atoms with E-state index in [4.69, 9.17) is 9.05 Å². The van der Waals surface area contributed by atoms with E-state index in [0.717, 1.165) is 0 Å². The Bertz CT molecular complexity index is 325. The predicted molar refractivity (Wildman–Crippen MR) is 64.2 cm³/mol. The normalized spacial score (nSPS) is 17.1. The molecule has 19 heavy (non-hydrogen) atoms. The minimum Gasteiger partial charge on any atom is -0.463 e. The first kappa shape index (κ1) is 18.0. The zero-order chi connectivity index (χ0) is 15.1. The van der Waals surface area contributed by atoms with Crippen molar-refractivity contribution < 1.29 is 37.6 Å². The summed E-state index contributed by atoms with van der Waals surface area (Å²) in [7, 11) is -4.31. The van der Waals surface area contributed by atoms with Crippen molar-refractivity contribution in [2.24, 2.45) is 0 Å². The molecule has 0 aromatic rings. The van der Waals surface area contributed by atoms with Gasteiger partial charge in [-0.2, -0.15) is 0 Å². The number of rotatable bonds is 8. The molecule has 9 heteroatoms. The molecule has 0 rings (SSSR count). The first-order valence-electron chi connectivity index (χ1n) is 5.58. The lowest BCUT2D eigenvalue weighted by atomic mass is 10.4. The third kappa shape index (κ3) is 10.6. The highest BCUT2D eigenvalue weighted by atomic mass is 31.2. The van der Waals surface area contributed by atoms with Gasteiger partial charge in [-0.25, -0.2) is 4.57 Å².